The summed E-state index contributed by atoms with van der Waals surface area (Å²) >= 11 is 1.47. The van der Waals surface area contributed by atoms with E-state index in [1.807, 2.05) is 18.4 Å². The van der Waals surface area contributed by atoms with Crippen molar-refractivity contribution in [3.05, 3.63) is 68.3 Å². The first-order valence-electron chi connectivity index (χ1n) is 8.52. The van der Waals surface area contributed by atoms with Crippen LogP contribution in [-0.2, 0) is 13.0 Å². The predicted molar refractivity (Wildman–Crippen MR) is 97.5 cm³/mol. The maximum atomic E-state index is 14.1. The van der Waals surface area contributed by atoms with Crippen LogP contribution in [0.4, 0.5) is 4.39 Å². The molecule has 1 aromatic carbocycles. The fourth-order valence-electron chi connectivity index (χ4n) is 3.69. The Morgan fingerprint density at radius 1 is 1.44 bits per heavy atom. The molecule has 130 valence electrons. The van der Waals surface area contributed by atoms with Crippen molar-refractivity contribution in [1.29, 1.82) is 0 Å². The van der Waals surface area contributed by atoms with Crippen LogP contribution < -0.4 is 10.9 Å². The standard InChI is InChI=1S/C19H20FN3OS/c1-11-6-7-14-15(4-3-5-16(14)20)18(11)21-9-13-8-17(24)23-12(2)10-25-19(23)22-13/h3-5,8,10-11,18,21H,6-7,9H2,1-2H3. The number of benzene rings is 1. The highest BCUT2D eigenvalue weighted by atomic mass is 32.1. The van der Waals surface area contributed by atoms with Crippen molar-refractivity contribution in [2.45, 2.75) is 39.3 Å². The molecular weight excluding hydrogens is 337 g/mol. The predicted octanol–water partition coefficient (Wildman–Crippen LogP) is 3.62. The van der Waals surface area contributed by atoms with Crippen LogP contribution in [0.25, 0.3) is 4.96 Å². The van der Waals surface area contributed by atoms with Gasteiger partial charge in [-0.15, -0.1) is 11.3 Å². The molecule has 0 spiro atoms. The van der Waals surface area contributed by atoms with E-state index in [4.69, 9.17) is 0 Å². The second kappa shape index (κ2) is 6.35. The van der Waals surface area contributed by atoms with Gasteiger partial charge in [-0.25, -0.2) is 9.37 Å². The zero-order valence-electron chi connectivity index (χ0n) is 14.3. The van der Waals surface area contributed by atoms with Crippen LogP contribution in [0.1, 0.15) is 41.9 Å². The van der Waals surface area contributed by atoms with Gasteiger partial charge in [-0.3, -0.25) is 9.20 Å². The van der Waals surface area contributed by atoms with E-state index >= 15 is 0 Å². The first kappa shape index (κ1) is 16.4. The van der Waals surface area contributed by atoms with Crippen LogP contribution in [-0.4, -0.2) is 9.38 Å². The maximum absolute atomic E-state index is 14.1. The molecule has 1 aliphatic carbocycles. The maximum Gasteiger partial charge on any atom is 0.259 e. The number of rotatable bonds is 3. The van der Waals surface area contributed by atoms with E-state index in [-0.39, 0.29) is 17.4 Å². The molecule has 3 aromatic rings. The molecule has 2 heterocycles. The molecule has 0 fully saturated rings. The fraction of sp³-hybridized carbons (Fsp3) is 0.368. The van der Waals surface area contributed by atoms with Crippen LogP contribution in [0, 0.1) is 18.7 Å². The Morgan fingerprint density at radius 2 is 2.28 bits per heavy atom. The van der Waals surface area contributed by atoms with E-state index in [0.717, 1.165) is 35.4 Å². The third kappa shape index (κ3) is 2.89. The van der Waals surface area contributed by atoms with Gasteiger partial charge < -0.3 is 5.32 Å². The molecule has 4 nitrogen and oxygen atoms in total. The van der Waals surface area contributed by atoms with Gasteiger partial charge in [0.2, 0.25) is 0 Å². The molecule has 0 saturated carbocycles. The van der Waals surface area contributed by atoms with Gasteiger partial charge in [0.15, 0.2) is 4.96 Å². The molecule has 0 aliphatic heterocycles. The van der Waals surface area contributed by atoms with E-state index in [0.29, 0.717) is 17.4 Å². The van der Waals surface area contributed by atoms with E-state index in [9.17, 15) is 9.18 Å². The number of thiazole rings is 1. The number of nitrogens with one attached hydrogen (secondary N) is 1. The van der Waals surface area contributed by atoms with Crippen molar-refractivity contribution in [3.8, 4) is 0 Å². The summed E-state index contributed by atoms with van der Waals surface area (Å²) in [5.41, 5.74) is 3.42. The Hall–Kier alpha value is -2.05. The van der Waals surface area contributed by atoms with Gasteiger partial charge >= 0.3 is 0 Å². The number of hydrogen-bond acceptors (Lipinski definition) is 4. The minimum atomic E-state index is -0.122. The van der Waals surface area contributed by atoms with Crippen LogP contribution >= 0.6 is 11.3 Å². The second-order valence-electron chi connectivity index (χ2n) is 6.76. The van der Waals surface area contributed by atoms with Crippen molar-refractivity contribution in [2.24, 2.45) is 5.92 Å². The summed E-state index contributed by atoms with van der Waals surface area (Å²) < 4.78 is 15.7. The second-order valence-corrected chi connectivity index (χ2v) is 7.60. The average Bonchev–Trinajstić information content (AvgIpc) is 2.96. The highest BCUT2D eigenvalue weighted by Crippen LogP contribution is 2.35. The lowest BCUT2D eigenvalue weighted by Crippen LogP contribution is -2.32. The van der Waals surface area contributed by atoms with Crippen LogP contribution in [0.15, 0.2) is 34.4 Å². The Morgan fingerprint density at radius 3 is 3.12 bits per heavy atom. The monoisotopic (exact) mass is 357 g/mol. The number of halogens is 1. The number of fused-ring (bicyclic) bond motifs is 2. The Kier molecular flexibility index (Phi) is 4.17. The highest BCUT2D eigenvalue weighted by Gasteiger charge is 2.27. The van der Waals surface area contributed by atoms with Crippen LogP contribution in [0.2, 0.25) is 0 Å². The van der Waals surface area contributed by atoms with E-state index in [1.54, 1.807) is 16.5 Å². The molecule has 0 radical (unpaired) electrons. The molecular formula is C19H20FN3OS. The quantitative estimate of drug-likeness (QED) is 0.779. The van der Waals surface area contributed by atoms with Gasteiger partial charge in [0.1, 0.15) is 5.82 Å². The lowest BCUT2D eigenvalue weighted by molar-refractivity contribution is 0.337. The number of nitrogens with zero attached hydrogens (tertiary/aromatic N) is 2. The van der Waals surface area contributed by atoms with Gasteiger partial charge in [-0.2, -0.15) is 0 Å². The molecule has 0 saturated heterocycles. The summed E-state index contributed by atoms with van der Waals surface area (Å²) in [5.74, 6) is 0.283. The molecule has 1 aliphatic rings. The van der Waals surface area contributed by atoms with Crippen molar-refractivity contribution < 1.29 is 4.39 Å². The molecule has 2 aromatic heterocycles. The van der Waals surface area contributed by atoms with E-state index < -0.39 is 0 Å². The minimum Gasteiger partial charge on any atom is -0.304 e. The summed E-state index contributed by atoms with van der Waals surface area (Å²) in [4.78, 5) is 17.6. The topological polar surface area (TPSA) is 46.4 Å². The third-order valence-corrected chi connectivity index (χ3v) is 5.98. The first-order chi connectivity index (χ1) is 12.0. The Labute approximate surface area is 149 Å². The lowest BCUT2D eigenvalue weighted by Gasteiger charge is -2.32. The number of aromatic nitrogens is 2. The van der Waals surface area contributed by atoms with Crippen LogP contribution in [0.3, 0.4) is 0 Å². The molecule has 1 N–H and O–H groups in total. The van der Waals surface area contributed by atoms with Gasteiger partial charge in [-0.05, 0) is 42.9 Å². The van der Waals surface area contributed by atoms with Crippen molar-refractivity contribution in [2.75, 3.05) is 0 Å². The first-order valence-corrected chi connectivity index (χ1v) is 9.40. The molecule has 0 amide bonds. The van der Waals surface area contributed by atoms with Crippen molar-refractivity contribution in [1.82, 2.24) is 14.7 Å². The number of hydrogen-bond donors (Lipinski definition) is 1. The molecule has 0 bridgehead atoms. The summed E-state index contributed by atoms with van der Waals surface area (Å²) in [6.07, 6.45) is 1.73. The SMILES string of the molecule is Cc1csc2nc(CNC3c4cccc(F)c4CCC3C)cc(=O)n12. The molecule has 4 rings (SSSR count). The van der Waals surface area contributed by atoms with E-state index in [1.165, 1.54) is 17.4 Å². The summed E-state index contributed by atoms with van der Waals surface area (Å²) in [6, 6.07) is 6.96. The van der Waals surface area contributed by atoms with Crippen molar-refractivity contribution >= 4 is 16.3 Å². The Bertz CT molecular complexity index is 994. The summed E-state index contributed by atoms with van der Waals surface area (Å²) in [7, 11) is 0. The van der Waals surface area contributed by atoms with E-state index in [2.05, 4.69) is 17.2 Å². The van der Waals surface area contributed by atoms with Crippen LogP contribution in [0.5, 0.6) is 0 Å². The Balaban J connectivity index is 1.61. The average molecular weight is 357 g/mol. The normalized spacial score (nSPS) is 20.0. The lowest BCUT2D eigenvalue weighted by atomic mass is 9.80. The fourth-order valence-corrected chi connectivity index (χ4v) is 4.58. The molecule has 6 heteroatoms. The molecule has 25 heavy (non-hydrogen) atoms. The van der Waals surface area contributed by atoms with Crippen molar-refractivity contribution in [3.63, 3.8) is 0 Å². The third-order valence-electron chi connectivity index (χ3n) is 5.04. The summed E-state index contributed by atoms with van der Waals surface area (Å²) in [5, 5.41) is 5.43. The zero-order valence-corrected chi connectivity index (χ0v) is 15.1. The van der Waals surface area contributed by atoms with Gasteiger partial charge in [-0.1, -0.05) is 19.1 Å². The highest BCUT2D eigenvalue weighted by molar-refractivity contribution is 7.15. The smallest absolute Gasteiger partial charge is 0.259 e. The summed E-state index contributed by atoms with van der Waals surface area (Å²) in [6.45, 7) is 4.58. The zero-order chi connectivity index (χ0) is 17.6. The molecule has 2 unspecified atom stereocenters. The largest absolute Gasteiger partial charge is 0.304 e. The molecule has 2 atom stereocenters. The van der Waals surface area contributed by atoms with Gasteiger partial charge in [0.05, 0.1) is 5.69 Å². The minimum absolute atomic E-state index is 0.0521. The number of aryl methyl sites for hydroxylation is 1. The van der Waals surface area contributed by atoms with Gasteiger partial charge in [0, 0.05) is 29.7 Å². The van der Waals surface area contributed by atoms with Gasteiger partial charge in [0.25, 0.3) is 5.56 Å².